The van der Waals surface area contributed by atoms with Crippen LogP contribution in [0.1, 0.15) is 98.3 Å². The molecule has 0 amide bonds. The molecule has 3 N–H and O–H groups in total. The van der Waals surface area contributed by atoms with Gasteiger partial charge in [-0.2, -0.15) is 0 Å². The highest BCUT2D eigenvalue weighted by Gasteiger charge is 2.40. The normalized spacial score (nSPS) is 32.4. The van der Waals surface area contributed by atoms with Crippen LogP contribution in [-0.2, 0) is 0 Å². The predicted octanol–water partition coefficient (Wildman–Crippen LogP) is 6.09. The van der Waals surface area contributed by atoms with Crippen LogP contribution in [0, 0.1) is 17.3 Å². The Labute approximate surface area is 185 Å². The summed E-state index contributed by atoms with van der Waals surface area (Å²) >= 11 is 0. The molecular weight excluding hydrogens is 372 g/mol. The lowest BCUT2D eigenvalue weighted by Crippen LogP contribution is -2.27. The lowest BCUT2D eigenvalue weighted by Gasteiger charge is -2.36. The van der Waals surface area contributed by atoms with Crippen LogP contribution in [0.4, 0.5) is 0 Å². The van der Waals surface area contributed by atoms with Crippen LogP contribution in [0.5, 0.6) is 0 Å². The predicted molar refractivity (Wildman–Crippen MR) is 126 cm³/mol. The SMILES string of the molecule is C=C1[C@H](O)CC(=C/C=C(/C)CCC[C@@]2(C)CCCC2[C@H](C)CCC[C@H](C)O)C[C@H]1O. The van der Waals surface area contributed by atoms with E-state index in [1.165, 1.54) is 44.1 Å². The summed E-state index contributed by atoms with van der Waals surface area (Å²) in [6.07, 6.45) is 15.1. The zero-order valence-corrected chi connectivity index (χ0v) is 19.9. The third-order valence-electron chi connectivity index (χ3n) is 7.82. The van der Waals surface area contributed by atoms with Crippen molar-refractivity contribution in [3.05, 3.63) is 35.5 Å². The lowest BCUT2D eigenvalue weighted by atomic mass is 9.69. The fourth-order valence-corrected chi connectivity index (χ4v) is 5.79. The van der Waals surface area contributed by atoms with Crippen LogP contribution in [0.25, 0.3) is 0 Å². The van der Waals surface area contributed by atoms with Gasteiger partial charge in [-0.05, 0) is 88.0 Å². The van der Waals surface area contributed by atoms with Gasteiger partial charge < -0.3 is 15.3 Å². The third kappa shape index (κ3) is 7.35. The van der Waals surface area contributed by atoms with Gasteiger partial charge in [-0.1, -0.05) is 63.0 Å². The quantitative estimate of drug-likeness (QED) is 0.376. The Balaban J connectivity index is 1.81. The van der Waals surface area contributed by atoms with Crippen molar-refractivity contribution in [2.75, 3.05) is 0 Å². The molecule has 2 fully saturated rings. The standard InChI is InChI=1S/C27H46O3/c1-19(13-14-23-17-25(29)22(4)26(30)18-23)9-7-15-27(5)16-8-12-24(27)20(2)10-6-11-21(3)28/h13-14,20-21,24-26,28-30H,4,6-12,15-18H2,1-3,5H3/b19-13-/t20-,21+,24?,25-,26-,27+/m1/s1. The van der Waals surface area contributed by atoms with E-state index in [1.807, 2.05) is 6.92 Å². The van der Waals surface area contributed by atoms with Crippen molar-refractivity contribution in [2.45, 2.75) is 117 Å². The van der Waals surface area contributed by atoms with E-state index in [9.17, 15) is 15.3 Å². The van der Waals surface area contributed by atoms with Gasteiger partial charge in [0.25, 0.3) is 0 Å². The average Bonchev–Trinajstić information content (AvgIpc) is 3.05. The Morgan fingerprint density at radius 1 is 1.17 bits per heavy atom. The molecule has 0 bridgehead atoms. The lowest BCUT2D eigenvalue weighted by molar-refractivity contribution is 0.123. The van der Waals surface area contributed by atoms with Crippen molar-refractivity contribution in [3.63, 3.8) is 0 Å². The maximum Gasteiger partial charge on any atom is 0.0809 e. The summed E-state index contributed by atoms with van der Waals surface area (Å²) in [6.45, 7) is 12.8. The van der Waals surface area contributed by atoms with Crippen molar-refractivity contribution in [2.24, 2.45) is 17.3 Å². The van der Waals surface area contributed by atoms with Crippen molar-refractivity contribution in [3.8, 4) is 0 Å². The molecule has 0 spiro atoms. The topological polar surface area (TPSA) is 60.7 Å². The molecule has 2 aliphatic rings. The number of aliphatic hydroxyl groups is 3. The second-order valence-electron chi connectivity index (χ2n) is 10.6. The summed E-state index contributed by atoms with van der Waals surface area (Å²) in [5.74, 6) is 1.56. The van der Waals surface area contributed by atoms with Crippen molar-refractivity contribution in [1.29, 1.82) is 0 Å². The van der Waals surface area contributed by atoms with E-state index >= 15 is 0 Å². The summed E-state index contributed by atoms with van der Waals surface area (Å²) in [6, 6.07) is 0. The molecule has 0 heterocycles. The summed E-state index contributed by atoms with van der Waals surface area (Å²) < 4.78 is 0. The molecular formula is C27H46O3. The van der Waals surface area contributed by atoms with Gasteiger partial charge in [0.2, 0.25) is 0 Å². The molecule has 2 rings (SSSR count). The van der Waals surface area contributed by atoms with E-state index in [0.29, 0.717) is 23.8 Å². The fraction of sp³-hybridized carbons (Fsp3) is 0.778. The minimum atomic E-state index is -0.615. The number of hydrogen-bond acceptors (Lipinski definition) is 3. The Kier molecular flexibility index (Phi) is 9.84. The molecule has 3 heteroatoms. The van der Waals surface area contributed by atoms with Gasteiger partial charge in [-0.15, -0.1) is 0 Å². The molecule has 172 valence electrons. The van der Waals surface area contributed by atoms with Gasteiger partial charge in [0, 0.05) is 0 Å². The summed E-state index contributed by atoms with van der Waals surface area (Å²) in [7, 11) is 0. The van der Waals surface area contributed by atoms with Crippen LogP contribution < -0.4 is 0 Å². The largest absolute Gasteiger partial charge is 0.393 e. The van der Waals surface area contributed by atoms with E-state index in [1.54, 1.807) is 0 Å². The first-order chi connectivity index (χ1) is 14.1. The smallest absolute Gasteiger partial charge is 0.0809 e. The van der Waals surface area contributed by atoms with Crippen molar-refractivity contribution >= 4 is 0 Å². The minimum absolute atomic E-state index is 0.171. The molecule has 6 atom stereocenters. The maximum atomic E-state index is 9.99. The van der Waals surface area contributed by atoms with E-state index in [4.69, 9.17) is 0 Å². The van der Waals surface area contributed by atoms with Gasteiger partial charge >= 0.3 is 0 Å². The Bertz CT molecular complexity index is 602. The van der Waals surface area contributed by atoms with Gasteiger partial charge in [0.1, 0.15) is 0 Å². The first-order valence-corrected chi connectivity index (χ1v) is 12.2. The highest BCUT2D eigenvalue weighted by atomic mass is 16.3. The van der Waals surface area contributed by atoms with Crippen molar-refractivity contribution in [1.82, 2.24) is 0 Å². The number of aliphatic hydroxyl groups excluding tert-OH is 3. The molecule has 2 aliphatic carbocycles. The highest BCUT2D eigenvalue weighted by molar-refractivity contribution is 5.26. The van der Waals surface area contributed by atoms with Gasteiger partial charge in [-0.25, -0.2) is 0 Å². The Morgan fingerprint density at radius 3 is 2.47 bits per heavy atom. The van der Waals surface area contributed by atoms with Crippen LogP contribution in [-0.4, -0.2) is 33.6 Å². The number of allylic oxidation sites excluding steroid dienone is 3. The van der Waals surface area contributed by atoms with Gasteiger partial charge in [0.15, 0.2) is 0 Å². The summed E-state index contributed by atoms with van der Waals surface area (Å²) in [5.41, 5.74) is 3.49. The monoisotopic (exact) mass is 418 g/mol. The average molecular weight is 419 g/mol. The molecule has 30 heavy (non-hydrogen) atoms. The highest BCUT2D eigenvalue weighted by Crippen LogP contribution is 2.51. The first kappa shape index (κ1) is 25.4. The van der Waals surface area contributed by atoms with Crippen LogP contribution in [0.15, 0.2) is 35.5 Å². The molecule has 0 aliphatic heterocycles. The summed E-state index contributed by atoms with van der Waals surface area (Å²) in [4.78, 5) is 0. The van der Waals surface area contributed by atoms with E-state index in [-0.39, 0.29) is 6.10 Å². The van der Waals surface area contributed by atoms with E-state index in [2.05, 4.69) is 39.5 Å². The zero-order chi connectivity index (χ0) is 22.3. The zero-order valence-electron chi connectivity index (χ0n) is 19.9. The second kappa shape index (κ2) is 11.6. The minimum Gasteiger partial charge on any atom is -0.393 e. The Morgan fingerprint density at radius 2 is 1.83 bits per heavy atom. The van der Waals surface area contributed by atoms with Crippen molar-refractivity contribution < 1.29 is 15.3 Å². The molecule has 3 nitrogen and oxygen atoms in total. The molecule has 0 radical (unpaired) electrons. The van der Waals surface area contributed by atoms with Crippen LogP contribution in [0.2, 0.25) is 0 Å². The first-order valence-electron chi connectivity index (χ1n) is 12.2. The molecule has 0 aromatic heterocycles. The molecule has 0 saturated heterocycles. The van der Waals surface area contributed by atoms with E-state index in [0.717, 1.165) is 36.7 Å². The number of hydrogen-bond donors (Lipinski definition) is 3. The third-order valence-corrected chi connectivity index (χ3v) is 7.82. The summed E-state index contributed by atoms with van der Waals surface area (Å²) in [5, 5.41) is 29.5. The molecule has 1 unspecified atom stereocenters. The van der Waals surface area contributed by atoms with Crippen LogP contribution >= 0.6 is 0 Å². The van der Waals surface area contributed by atoms with E-state index < -0.39 is 12.2 Å². The molecule has 0 aromatic rings. The Hall–Kier alpha value is -0.900. The molecule has 0 aromatic carbocycles. The van der Waals surface area contributed by atoms with Gasteiger partial charge in [-0.3, -0.25) is 0 Å². The number of rotatable bonds is 10. The second-order valence-corrected chi connectivity index (χ2v) is 10.6. The maximum absolute atomic E-state index is 9.99. The molecule has 2 saturated carbocycles. The van der Waals surface area contributed by atoms with Crippen LogP contribution in [0.3, 0.4) is 0 Å². The fourth-order valence-electron chi connectivity index (χ4n) is 5.79. The van der Waals surface area contributed by atoms with Gasteiger partial charge in [0.05, 0.1) is 18.3 Å².